The summed E-state index contributed by atoms with van der Waals surface area (Å²) in [6.07, 6.45) is 0. The molecule has 7 heteroatoms. The molecule has 0 spiro atoms. The van der Waals surface area contributed by atoms with Gasteiger partial charge in [-0.25, -0.2) is 8.42 Å². The Morgan fingerprint density at radius 1 is 0.906 bits per heavy atom. The van der Waals surface area contributed by atoms with Crippen molar-refractivity contribution in [3.05, 3.63) is 78.4 Å². The summed E-state index contributed by atoms with van der Waals surface area (Å²) in [6.45, 7) is 4.20. The van der Waals surface area contributed by atoms with Crippen LogP contribution in [-0.2, 0) is 10.0 Å². The number of methoxy groups -OCH3 is 1. The van der Waals surface area contributed by atoms with Gasteiger partial charge >= 0.3 is 0 Å². The molecule has 3 aromatic rings. The monoisotopic (exact) mass is 452 g/mol. The molecule has 3 aromatic carbocycles. The molecule has 0 atom stereocenters. The Morgan fingerprint density at radius 3 is 2.16 bits per heavy atom. The number of anilines is 1. The number of amides is 1. The Bertz CT molecular complexity index is 1190. The van der Waals surface area contributed by atoms with Crippen molar-refractivity contribution in [2.24, 2.45) is 0 Å². The van der Waals surface area contributed by atoms with Crippen LogP contribution in [0.1, 0.15) is 24.2 Å². The molecular weight excluding hydrogens is 424 g/mol. The summed E-state index contributed by atoms with van der Waals surface area (Å²) in [5, 5.41) is 0. The Kier molecular flexibility index (Phi) is 7.33. The third kappa shape index (κ3) is 4.54. The molecule has 0 aliphatic heterocycles. The lowest BCUT2D eigenvalue weighted by Gasteiger charge is -2.23. The zero-order valence-electron chi connectivity index (χ0n) is 18.8. The highest BCUT2D eigenvalue weighted by atomic mass is 32.2. The molecular formula is C25H28N2O4S. The summed E-state index contributed by atoms with van der Waals surface area (Å²) in [5.41, 5.74) is 2.89. The van der Waals surface area contributed by atoms with Crippen molar-refractivity contribution >= 4 is 21.6 Å². The lowest BCUT2D eigenvalue weighted by Crippen LogP contribution is -2.31. The zero-order chi connectivity index (χ0) is 23.3. The SMILES string of the molecule is CCN(CC)S(=O)(=O)c1cc(C(=O)N(C)c2ccccc2-c2ccccc2)ccc1OC. The molecule has 0 N–H and O–H groups in total. The van der Waals surface area contributed by atoms with Crippen molar-refractivity contribution < 1.29 is 17.9 Å². The number of nitrogens with zero attached hydrogens (tertiary/aromatic N) is 2. The first kappa shape index (κ1) is 23.5. The predicted molar refractivity (Wildman–Crippen MR) is 128 cm³/mol. The molecule has 0 aromatic heterocycles. The van der Waals surface area contributed by atoms with Crippen molar-refractivity contribution in [1.29, 1.82) is 0 Å². The van der Waals surface area contributed by atoms with Crippen LogP contribution in [0.5, 0.6) is 5.75 Å². The van der Waals surface area contributed by atoms with E-state index in [1.54, 1.807) is 27.0 Å². The van der Waals surface area contributed by atoms with E-state index in [2.05, 4.69) is 0 Å². The number of hydrogen-bond donors (Lipinski definition) is 0. The Hall–Kier alpha value is -3.16. The van der Waals surface area contributed by atoms with Crippen LogP contribution >= 0.6 is 0 Å². The number of benzene rings is 3. The zero-order valence-corrected chi connectivity index (χ0v) is 19.6. The van der Waals surface area contributed by atoms with Crippen LogP contribution in [0.3, 0.4) is 0 Å². The summed E-state index contributed by atoms with van der Waals surface area (Å²) < 4.78 is 32.9. The van der Waals surface area contributed by atoms with Crippen molar-refractivity contribution in [3.63, 3.8) is 0 Å². The van der Waals surface area contributed by atoms with Crippen LogP contribution in [0.15, 0.2) is 77.7 Å². The number of hydrogen-bond acceptors (Lipinski definition) is 4. The van der Waals surface area contributed by atoms with Gasteiger partial charge in [0.25, 0.3) is 5.91 Å². The molecule has 3 rings (SSSR count). The normalized spacial score (nSPS) is 11.4. The molecule has 0 saturated carbocycles. The van der Waals surface area contributed by atoms with Gasteiger partial charge < -0.3 is 9.64 Å². The minimum absolute atomic E-state index is 0.0145. The van der Waals surface area contributed by atoms with Crippen LogP contribution in [0.4, 0.5) is 5.69 Å². The van der Waals surface area contributed by atoms with Gasteiger partial charge in [0.1, 0.15) is 10.6 Å². The molecule has 1 amide bonds. The molecule has 32 heavy (non-hydrogen) atoms. The fraction of sp³-hybridized carbons (Fsp3) is 0.240. The van der Waals surface area contributed by atoms with E-state index >= 15 is 0 Å². The molecule has 0 aliphatic rings. The Labute approximate surface area is 190 Å². The van der Waals surface area contributed by atoms with Crippen molar-refractivity contribution in [2.75, 3.05) is 32.1 Å². The molecule has 0 fully saturated rings. The first-order valence-electron chi connectivity index (χ1n) is 10.5. The van der Waals surface area contributed by atoms with Gasteiger partial charge in [-0.2, -0.15) is 4.31 Å². The maximum absolute atomic E-state index is 13.4. The highest BCUT2D eigenvalue weighted by molar-refractivity contribution is 7.89. The number of carbonyl (C=O) groups is 1. The van der Waals surface area contributed by atoms with Crippen molar-refractivity contribution in [3.8, 4) is 16.9 Å². The van der Waals surface area contributed by atoms with Crippen LogP contribution in [0.2, 0.25) is 0 Å². The molecule has 0 aliphatic carbocycles. The van der Waals surface area contributed by atoms with Gasteiger partial charge in [-0.15, -0.1) is 0 Å². The van der Waals surface area contributed by atoms with E-state index in [0.717, 1.165) is 16.8 Å². The quantitative estimate of drug-likeness (QED) is 0.498. The minimum Gasteiger partial charge on any atom is -0.495 e. The Balaban J connectivity index is 2.05. The van der Waals surface area contributed by atoms with E-state index in [-0.39, 0.29) is 22.1 Å². The van der Waals surface area contributed by atoms with Crippen LogP contribution in [-0.4, -0.2) is 45.9 Å². The Morgan fingerprint density at radius 2 is 1.53 bits per heavy atom. The number of para-hydroxylation sites is 1. The second-order valence-electron chi connectivity index (χ2n) is 7.20. The van der Waals surface area contributed by atoms with Gasteiger partial charge in [-0.1, -0.05) is 62.4 Å². The van der Waals surface area contributed by atoms with Gasteiger partial charge in [0.05, 0.1) is 12.8 Å². The molecule has 0 radical (unpaired) electrons. The van der Waals surface area contributed by atoms with Gasteiger partial charge in [-0.05, 0) is 29.8 Å². The summed E-state index contributed by atoms with van der Waals surface area (Å²) in [5.74, 6) is -0.104. The molecule has 0 unspecified atom stereocenters. The maximum atomic E-state index is 13.4. The average Bonchev–Trinajstić information content (AvgIpc) is 2.83. The van der Waals surface area contributed by atoms with Crippen LogP contribution < -0.4 is 9.64 Å². The van der Waals surface area contributed by atoms with Gasteiger partial charge in [-0.3, -0.25) is 4.79 Å². The molecule has 6 nitrogen and oxygen atoms in total. The topological polar surface area (TPSA) is 66.9 Å². The largest absolute Gasteiger partial charge is 0.495 e. The lowest BCUT2D eigenvalue weighted by molar-refractivity contribution is 0.0993. The highest BCUT2D eigenvalue weighted by Crippen LogP contribution is 2.32. The first-order valence-corrected chi connectivity index (χ1v) is 11.9. The van der Waals surface area contributed by atoms with E-state index in [0.29, 0.717) is 13.1 Å². The van der Waals surface area contributed by atoms with E-state index < -0.39 is 10.0 Å². The second-order valence-corrected chi connectivity index (χ2v) is 9.11. The summed E-state index contributed by atoms with van der Waals surface area (Å²) in [6, 6.07) is 21.9. The second kappa shape index (κ2) is 9.97. The lowest BCUT2D eigenvalue weighted by atomic mass is 10.0. The average molecular weight is 453 g/mol. The van der Waals surface area contributed by atoms with E-state index in [1.165, 1.54) is 28.4 Å². The summed E-state index contributed by atoms with van der Waals surface area (Å²) >= 11 is 0. The third-order valence-corrected chi connectivity index (χ3v) is 7.46. The van der Waals surface area contributed by atoms with Gasteiger partial charge in [0.15, 0.2) is 0 Å². The number of carbonyl (C=O) groups excluding carboxylic acids is 1. The third-order valence-electron chi connectivity index (χ3n) is 5.39. The molecule has 0 bridgehead atoms. The van der Waals surface area contributed by atoms with Gasteiger partial charge in [0.2, 0.25) is 10.0 Å². The minimum atomic E-state index is -3.80. The van der Waals surface area contributed by atoms with Crippen molar-refractivity contribution in [1.82, 2.24) is 4.31 Å². The fourth-order valence-corrected chi connectivity index (χ4v) is 5.28. The van der Waals surface area contributed by atoms with Crippen molar-refractivity contribution in [2.45, 2.75) is 18.7 Å². The number of ether oxygens (including phenoxy) is 1. The summed E-state index contributed by atoms with van der Waals surface area (Å²) in [7, 11) is -0.699. The van der Waals surface area contributed by atoms with Crippen LogP contribution in [0.25, 0.3) is 11.1 Å². The first-order chi connectivity index (χ1) is 15.3. The maximum Gasteiger partial charge on any atom is 0.258 e. The standard InChI is InChI=1S/C25H28N2O4S/c1-5-27(6-2)32(29,30)24-18-20(16-17-23(24)31-4)25(28)26(3)22-15-11-10-14-21(22)19-12-8-7-9-13-19/h7-18H,5-6H2,1-4H3. The fourth-order valence-electron chi connectivity index (χ4n) is 3.64. The van der Waals surface area contributed by atoms with E-state index in [9.17, 15) is 13.2 Å². The summed E-state index contributed by atoms with van der Waals surface area (Å²) in [4.78, 5) is 14.9. The van der Waals surface area contributed by atoms with E-state index in [4.69, 9.17) is 4.74 Å². The molecule has 0 saturated heterocycles. The molecule has 168 valence electrons. The molecule has 0 heterocycles. The highest BCUT2D eigenvalue weighted by Gasteiger charge is 2.27. The van der Waals surface area contributed by atoms with E-state index in [1.807, 2.05) is 54.6 Å². The smallest absolute Gasteiger partial charge is 0.258 e. The number of sulfonamides is 1. The van der Waals surface area contributed by atoms with Gasteiger partial charge in [0, 0.05) is 31.3 Å². The predicted octanol–water partition coefficient (Wildman–Crippen LogP) is 4.67. The number of rotatable bonds is 8. The van der Waals surface area contributed by atoms with Crippen LogP contribution in [0, 0.1) is 0 Å².